The Morgan fingerprint density at radius 3 is 2.24 bits per heavy atom. The molecule has 0 aliphatic rings. The Labute approximate surface area is 172 Å². The molecule has 158 valence electrons. The second-order valence-corrected chi connectivity index (χ2v) is 6.48. The predicted molar refractivity (Wildman–Crippen MR) is 115 cm³/mol. The fraction of sp³-hybridized carbons (Fsp3) is 0.409. The van der Waals surface area contributed by atoms with Crippen molar-refractivity contribution in [3.63, 3.8) is 0 Å². The van der Waals surface area contributed by atoms with Crippen LogP contribution in [-0.2, 0) is 0 Å². The van der Waals surface area contributed by atoms with Gasteiger partial charge in [-0.2, -0.15) is 0 Å². The topological polar surface area (TPSA) is 84.3 Å². The average molecular weight is 402 g/mol. The summed E-state index contributed by atoms with van der Waals surface area (Å²) in [6, 6.07) is 12.9. The predicted octanol–water partition coefficient (Wildman–Crippen LogP) is 3.06. The maximum atomic E-state index is 10.5. The highest BCUT2D eigenvalue weighted by molar-refractivity contribution is 5.80. The molecule has 0 aromatic heterocycles. The molecule has 0 saturated heterocycles. The highest BCUT2D eigenvalue weighted by Crippen LogP contribution is 2.29. The molecule has 0 saturated carbocycles. The quantitative estimate of drug-likeness (QED) is 0.442. The van der Waals surface area contributed by atoms with Crippen molar-refractivity contribution in [1.29, 1.82) is 0 Å². The monoisotopic (exact) mass is 401 g/mol. The van der Waals surface area contributed by atoms with Crippen molar-refractivity contribution in [2.45, 2.75) is 26.0 Å². The lowest BCUT2D eigenvalue weighted by molar-refractivity contribution is 0.187. The zero-order chi connectivity index (χ0) is 21.2. The molecule has 0 aliphatic heterocycles. The van der Waals surface area contributed by atoms with Crippen LogP contribution in [0, 0.1) is 0 Å². The Morgan fingerprint density at radius 1 is 1.00 bits per heavy atom. The molecule has 0 bridgehead atoms. The van der Waals surface area contributed by atoms with Gasteiger partial charge in [0.2, 0.25) is 0 Å². The number of guanidine groups is 1. The molecule has 0 fully saturated rings. The molecule has 2 aromatic carbocycles. The van der Waals surface area contributed by atoms with Crippen molar-refractivity contribution in [2.24, 2.45) is 4.99 Å². The highest BCUT2D eigenvalue weighted by Gasteiger charge is 2.15. The molecular formula is C22H31N3O4. The third kappa shape index (κ3) is 6.29. The molecule has 0 aliphatic carbocycles. The number of hydrogen-bond donors (Lipinski definition) is 3. The van der Waals surface area contributed by atoms with Crippen LogP contribution in [0.3, 0.4) is 0 Å². The first kappa shape index (κ1) is 22.4. The molecule has 2 rings (SSSR count). The van der Waals surface area contributed by atoms with E-state index >= 15 is 0 Å². The van der Waals surface area contributed by atoms with Crippen LogP contribution in [0.25, 0.3) is 0 Å². The third-order valence-electron chi connectivity index (χ3n) is 4.52. The van der Waals surface area contributed by atoms with E-state index in [1.54, 1.807) is 21.3 Å². The van der Waals surface area contributed by atoms with Crippen LogP contribution in [0.5, 0.6) is 17.2 Å². The van der Waals surface area contributed by atoms with Crippen LogP contribution >= 0.6 is 0 Å². The van der Waals surface area contributed by atoms with Gasteiger partial charge in [-0.15, -0.1) is 0 Å². The van der Waals surface area contributed by atoms with Crippen molar-refractivity contribution < 1.29 is 19.3 Å². The summed E-state index contributed by atoms with van der Waals surface area (Å²) in [7, 11) is 4.89. The first-order chi connectivity index (χ1) is 14.0. The molecule has 2 aromatic rings. The Balaban J connectivity index is 2.11. The van der Waals surface area contributed by atoms with Crippen molar-refractivity contribution in [3.05, 3.63) is 53.6 Å². The van der Waals surface area contributed by atoms with E-state index in [0.29, 0.717) is 12.5 Å². The van der Waals surface area contributed by atoms with Crippen molar-refractivity contribution in [2.75, 3.05) is 34.4 Å². The van der Waals surface area contributed by atoms with Gasteiger partial charge in [0, 0.05) is 12.1 Å². The summed E-state index contributed by atoms with van der Waals surface area (Å²) in [6.45, 7) is 4.94. The van der Waals surface area contributed by atoms with E-state index in [4.69, 9.17) is 14.2 Å². The fourth-order valence-electron chi connectivity index (χ4n) is 2.89. The van der Waals surface area contributed by atoms with Gasteiger partial charge in [-0.05, 0) is 49.7 Å². The minimum absolute atomic E-state index is 0.0871. The lowest BCUT2D eigenvalue weighted by Crippen LogP contribution is -2.39. The van der Waals surface area contributed by atoms with Crippen molar-refractivity contribution >= 4 is 5.96 Å². The number of aliphatic imine (C=N–C) groups is 1. The van der Waals surface area contributed by atoms with E-state index in [1.165, 1.54) is 0 Å². The summed E-state index contributed by atoms with van der Waals surface area (Å²) in [5.74, 6) is 2.88. The molecule has 29 heavy (non-hydrogen) atoms. The second kappa shape index (κ2) is 11.2. The van der Waals surface area contributed by atoms with E-state index in [0.717, 1.165) is 28.4 Å². The van der Waals surface area contributed by atoms with Crippen LogP contribution in [-0.4, -0.2) is 45.5 Å². The zero-order valence-electron chi connectivity index (χ0n) is 17.7. The maximum Gasteiger partial charge on any atom is 0.191 e. The van der Waals surface area contributed by atoms with E-state index in [2.05, 4.69) is 15.6 Å². The van der Waals surface area contributed by atoms with Gasteiger partial charge in [0.25, 0.3) is 0 Å². The molecule has 0 amide bonds. The molecule has 0 radical (unpaired) electrons. The van der Waals surface area contributed by atoms with E-state index in [1.807, 2.05) is 56.3 Å². The number of aliphatic hydroxyl groups is 1. The molecule has 0 spiro atoms. The van der Waals surface area contributed by atoms with Gasteiger partial charge in [0.15, 0.2) is 5.96 Å². The molecule has 3 N–H and O–H groups in total. The third-order valence-corrected chi connectivity index (χ3v) is 4.52. The number of benzene rings is 2. The molecule has 0 heterocycles. The number of rotatable bonds is 9. The van der Waals surface area contributed by atoms with Gasteiger partial charge in [0.05, 0.1) is 40.0 Å². The van der Waals surface area contributed by atoms with Gasteiger partial charge < -0.3 is 30.0 Å². The average Bonchev–Trinajstić information content (AvgIpc) is 2.76. The summed E-state index contributed by atoms with van der Waals surface area (Å²) < 4.78 is 16.0. The maximum absolute atomic E-state index is 10.5. The number of nitrogens with zero attached hydrogens (tertiary/aromatic N) is 1. The lowest BCUT2D eigenvalue weighted by atomic mass is 10.1. The van der Waals surface area contributed by atoms with Gasteiger partial charge in [-0.25, -0.2) is 0 Å². The summed E-state index contributed by atoms with van der Waals surface area (Å²) in [4.78, 5) is 4.54. The van der Waals surface area contributed by atoms with E-state index in [9.17, 15) is 5.11 Å². The number of aliphatic hydroxyl groups excluding tert-OH is 1. The second-order valence-electron chi connectivity index (χ2n) is 6.48. The van der Waals surface area contributed by atoms with Gasteiger partial charge in [-0.1, -0.05) is 12.1 Å². The SMILES string of the molecule is CCNC(=NCC(O)c1ccc(OC)cc1)NC(C)c1cc(OC)ccc1OC. The Hall–Kier alpha value is -2.93. The number of hydrogen-bond acceptors (Lipinski definition) is 5. The van der Waals surface area contributed by atoms with Crippen molar-refractivity contribution in [1.82, 2.24) is 10.6 Å². The zero-order valence-corrected chi connectivity index (χ0v) is 17.7. The largest absolute Gasteiger partial charge is 0.497 e. The minimum Gasteiger partial charge on any atom is -0.497 e. The van der Waals surface area contributed by atoms with Crippen LogP contribution in [0.1, 0.15) is 37.1 Å². The Kier molecular flexibility index (Phi) is 8.61. The Morgan fingerprint density at radius 2 is 1.66 bits per heavy atom. The summed E-state index contributed by atoms with van der Waals surface area (Å²) in [6.07, 6.45) is -0.710. The molecular weight excluding hydrogens is 370 g/mol. The number of methoxy groups -OCH3 is 3. The normalized spacial score (nSPS) is 13.4. The number of nitrogens with one attached hydrogen (secondary N) is 2. The molecule has 2 unspecified atom stereocenters. The van der Waals surface area contributed by atoms with E-state index in [-0.39, 0.29) is 12.6 Å². The number of ether oxygens (including phenoxy) is 3. The van der Waals surface area contributed by atoms with Gasteiger partial charge >= 0.3 is 0 Å². The first-order valence-corrected chi connectivity index (χ1v) is 9.61. The van der Waals surface area contributed by atoms with Crippen LogP contribution in [0.2, 0.25) is 0 Å². The molecule has 2 atom stereocenters. The summed E-state index contributed by atoms with van der Waals surface area (Å²) >= 11 is 0. The highest BCUT2D eigenvalue weighted by atomic mass is 16.5. The van der Waals surface area contributed by atoms with Crippen LogP contribution in [0.4, 0.5) is 0 Å². The molecule has 7 heteroatoms. The summed E-state index contributed by atoms with van der Waals surface area (Å²) in [5, 5.41) is 17.0. The smallest absolute Gasteiger partial charge is 0.191 e. The molecule has 7 nitrogen and oxygen atoms in total. The summed E-state index contributed by atoms with van der Waals surface area (Å²) in [5.41, 5.74) is 1.74. The van der Waals surface area contributed by atoms with Crippen LogP contribution in [0.15, 0.2) is 47.5 Å². The van der Waals surface area contributed by atoms with Gasteiger partial charge in [0.1, 0.15) is 17.2 Å². The van der Waals surface area contributed by atoms with E-state index < -0.39 is 6.10 Å². The standard InChI is InChI=1S/C22H31N3O4/c1-6-23-22(24-14-20(26)16-7-9-17(27-3)10-8-16)25-15(2)19-13-18(28-4)11-12-21(19)29-5/h7-13,15,20,26H,6,14H2,1-5H3,(H2,23,24,25). The Bertz CT molecular complexity index is 793. The minimum atomic E-state index is -0.710. The lowest BCUT2D eigenvalue weighted by Gasteiger charge is -2.21. The fourth-order valence-corrected chi connectivity index (χ4v) is 2.89. The van der Waals surface area contributed by atoms with Crippen LogP contribution < -0.4 is 24.8 Å². The van der Waals surface area contributed by atoms with Gasteiger partial charge in [-0.3, -0.25) is 4.99 Å². The van der Waals surface area contributed by atoms with Crippen molar-refractivity contribution in [3.8, 4) is 17.2 Å². The first-order valence-electron chi connectivity index (χ1n) is 9.61.